The molecule has 0 bridgehead atoms. The van der Waals surface area contributed by atoms with Gasteiger partial charge in [0.1, 0.15) is 11.7 Å². The first-order chi connectivity index (χ1) is 9.79. The van der Waals surface area contributed by atoms with E-state index < -0.39 is 35.1 Å². The number of hydrogen-bond donors (Lipinski definition) is 8. The van der Waals surface area contributed by atoms with Crippen molar-refractivity contribution < 1.29 is 30.3 Å². The van der Waals surface area contributed by atoms with E-state index in [1.54, 1.807) is 0 Å². The zero-order valence-corrected chi connectivity index (χ0v) is 11.0. The minimum absolute atomic E-state index is 0.00865. The molecule has 1 unspecified atom stereocenters. The Morgan fingerprint density at radius 3 is 2.38 bits per heavy atom. The number of phenols is 3. The largest absolute Gasteiger partial charge is 0.504 e. The lowest BCUT2D eigenvalue weighted by Crippen LogP contribution is -2.32. The zero-order chi connectivity index (χ0) is 15.9. The summed E-state index contributed by atoms with van der Waals surface area (Å²) in [6.07, 6.45) is -0.299. The number of carbonyl (C=O) groups is 1. The average Bonchev–Trinajstić information content (AvgIpc) is 2.74. The number of aromatic amines is 1. The van der Waals surface area contributed by atoms with Crippen molar-refractivity contribution in [3.05, 3.63) is 5.56 Å². The van der Waals surface area contributed by atoms with Crippen LogP contribution in [-0.2, 0) is 11.2 Å². The van der Waals surface area contributed by atoms with Crippen LogP contribution in [0, 0.1) is 0 Å². The Labute approximate surface area is 118 Å². The average molecular weight is 297 g/mol. The van der Waals surface area contributed by atoms with Gasteiger partial charge in [-0.15, -0.1) is 0 Å². The summed E-state index contributed by atoms with van der Waals surface area (Å²) < 4.78 is 0. The van der Waals surface area contributed by atoms with Gasteiger partial charge in [-0.2, -0.15) is 0 Å². The van der Waals surface area contributed by atoms with E-state index in [2.05, 4.69) is 10.3 Å². The molecule has 0 aliphatic carbocycles. The second-order valence-electron chi connectivity index (χ2n) is 4.52. The van der Waals surface area contributed by atoms with Crippen LogP contribution in [0.4, 0.5) is 5.69 Å². The van der Waals surface area contributed by atoms with Crippen LogP contribution in [0.15, 0.2) is 0 Å². The molecule has 9 heteroatoms. The number of nitrogens with one attached hydrogen (secondary N) is 2. The highest BCUT2D eigenvalue weighted by Crippen LogP contribution is 2.50. The Morgan fingerprint density at radius 1 is 1.24 bits per heavy atom. The van der Waals surface area contributed by atoms with E-state index in [1.807, 2.05) is 0 Å². The van der Waals surface area contributed by atoms with Crippen LogP contribution in [0.3, 0.4) is 0 Å². The lowest BCUT2D eigenvalue weighted by molar-refractivity contribution is -0.138. The molecule has 1 aromatic heterocycles. The van der Waals surface area contributed by atoms with Crippen molar-refractivity contribution in [2.24, 2.45) is 5.73 Å². The first kappa shape index (κ1) is 14.6. The fourth-order valence-electron chi connectivity index (χ4n) is 2.18. The Hall–Kier alpha value is -2.81. The highest BCUT2D eigenvalue weighted by atomic mass is 16.4. The Kier molecular flexibility index (Phi) is 3.44. The summed E-state index contributed by atoms with van der Waals surface area (Å²) in [4.78, 5) is 13.2. The molecule has 9 nitrogen and oxygen atoms in total. The van der Waals surface area contributed by atoms with Gasteiger partial charge >= 0.3 is 5.97 Å². The third-order valence-electron chi connectivity index (χ3n) is 3.24. The van der Waals surface area contributed by atoms with Gasteiger partial charge < -0.3 is 41.6 Å². The third kappa shape index (κ3) is 2.13. The number of carboxylic acid groups (broad SMARTS) is 1. The fraction of sp³-hybridized carbons (Fsp3) is 0.250. The number of carboxylic acids is 1. The van der Waals surface area contributed by atoms with Gasteiger partial charge in [0.15, 0.2) is 23.1 Å². The summed E-state index contributed by atoms with van der Waals surface area (Å²) >= 11 is 0. The zero-order valence-electron chi connectivity index (χ0n) is 11.0. The second-order valence-corrected chi connectivity index (χ2v) is 4.52. The molecule has 2 aromatic rings. The number of aromatic nitrogens is 1. The fourth-order valence-corrected chi connectivity index (χ4v) is 2.18. The number of aromatic hydroxyl groups is 4. The lowest BCUT2D eigenvalue weighted by Gasteiger charge is -2.11. The van der Waals surface area contributed by atoms with Crippen LogP contribution in [0.25, 0.3) is 10.9 Å². The highest BCUT2D eigenvalue weighted by molar-refractivity contribution is 6.02. The molecule has 0 amide bonds. The summed E-state index contributed by atoms with van der Waals surface area (Å²) in [5.41, 5.74) is 5.23. The molecule has 0 spiro atoms. The molecule has 0 radical (unpaired) electrons. The number of hydrogen-bond acceptors (Lipinski definition) is 7. The molecule has 9 N–H and O–H groups in total. The number of aliphatic carboxylic acids is 1. The monoisotopic (exact) mass is 297 g/mol. The molecule has 0 aliphatic rings. The first-order valence-electron chi connectivity index (χ1n) is 5.96. The summed E-state index contributed by atoms with van der Waals surface area (Å²) in [6, 6.07) is -1.32. The van der Waals surface area contributed by atoms with E-state index in [0.717, 1.165) is 0 Å². The summed E-state index contributed by atoms with van der Waals surface area (Å²) in [6.45, 7) is 0. The van der Waals surface area contributed by atoms with Crippen molar-refractivity contribution in [2.45, 2.75) is 12.5 Å². The van der Waals surface area contributed by atoms with E-state index in [9.17, 15) is 25.2 Å². The van der Waals surface area contributed by atoms with Crippen LogP contribution in [0.2, 0.25) is 0 Å². The van der Waals surface area contributed by atoms with Crippen LogP contribution in [0.1, 0.15) is 5.56 Å². The molecule has 1 aromatic carbocycles. The molecular weight excluding hydrogens is 282 g/mol. The number of phenolic OH excluding ortho intramolecular Hbond substituents is 3. The highest BCUT2D eigenvalue weighted by Gasteiger charge is 2.26. The summed E-state index contributed by atoms with van der Waals surface area (Å²) in [5, 5.41) is 50.9. The first-order valence-corrected chi connectivity index (χ1v) is 5.96. The van der Waals surface area contributed by atoms with Gasteiger partial charge in [-0.25, -0.2) is 0 Å². The number of benzene rings is 1. The smallest absolute Gasteiger partial charge is 0.320 e. The standard InChI is InChI=1S/C12H15N3O6/c1-14-7-9(17)6-5(8(16)10(7)18)3(11(19)15-6)2-4(13)12(20)21/h4,14-19H,2,13H2,1H3,(H,20,21). The Bertz CT molecular complexity index is 724. The number of nitrogens with two attached hydrogens (primary N) is 1. The van der Waals surface area contributed by atoms with Crippen molar-refractivity contribution in [1.82, 2.24) is 4.98 Å². The van der Waals surface area contributed by atoms with Gasteiger partial charge in [-0.1, -0.05) is 0 Å². The lowest BCUT2D eigenvalue weighted by atomic mass is 10.0. The van der Waals surface area contributed by atoms with Gasteiger partial charge in [0.05, 0.1) is 10.9 Å². The molecular formula is C12H15N3O6. The van der Waals surface area contributed by atoms with Crippen molar-refractivity contribution >= 4 is 22.6 Å². The Balaban J connectivity index is 2.74. The number of rotatable bonds is 4. The van der Waals surface area contributed by atoms with Crippen LogP contribution < -0.4 is 11.1 Å². The number of anilines is 1. The predicted molar refractivity (Wildman–Crippen MR) is 73.8 cm³/mol. The molecule has 114 valence electrons. The van der Waals surface area contributed by atoms with Crippen molar-refractivity contribution in [3.63, 3.8) is 0 Å². The van der Waals surface area contributed by atoms with Crippen molar-refractivity contribution in [1.29, 1.82) is 0 Å². The summed E-state index contributed by atoms with van der Waals surface area (Å²) in [5.74, 6) is -3.38. The maximum atomic E-state index is 10.8. The molecule has 0 fully saturated rings. The Morgan fingerprint density at radius 2 is 1.86 bits per heavy atom. The van der Waals surface area contributed by atoms with Crippen molar-refractivity contribution in [2.75, 3.05) is 12.4 Å². The molecule has 0 saturated carbocycles. The number of fused-ring (bicyclic) bond motifs is 1. The van der Waals surface area contributed by atoms with Gasteiger partial charge in [0.2, 0.25) is 0 Å². The SMILES string of the molecule is CNc1c(O)c(O)c2c(CC(N)C(=O)O)c(O)[nH]c2c1O. The van der Waals surface area contributed by atoms with Gasteiger partial charge in [0, 0.05) is 19.0 Å². The molecule has 0 aliphatic heterocycles. The maximum Gasteiger partial charge on any atom is 0.320 e. The molecule has 1 atom stereocenters. The third-order valence-corrected chi connectivity index (χ3v) is 3.24. The minimum atomic E-state index is -1.32. The van der Waals surface area contributed by atoms with E-state index in [0.29, 0.717) is 0 Å². The van der Waals surface area contributed by atoms with E-state index >= 15 is 0 Å². The van der Waals surface area contributed by atoms with E-state index in [4.69, 9.17) is 10.8 Å². The molecule has 0 saturated heterocycles. The normalized spacial score (nSPS) is 12.5. The van der Waals surface area contributed by atoms with Gasteiger partial charge in [0.25, 0.3) is 0 Å². The van der Waals surface area contributed by atoms with Gasteiger partial charge in [-0.3, -0.25) is 4.79 Å². The van der Waals surface area contributed by atoms with E-state index in [-0.39, 0.29) is 28.6 Å². The quantitative estimate of drug-likeness (QED) is 0.287. The van der Waals surface area contributed by atoms with Crippen molar-refractivity contribution in [3.8, 4) is 23.1 Å². The van der Waals surface area contributed by atoms with E-state index in [1.165, 1.54) is 7.05 Å². The molecule has 1 heterocycles. The molecule has 2 rings (SSSR count). The minimum Gasteiger partial charge on any atom is -0.504 e. The summed E-state index contributed by atoms with van der Waals surface area (Å²) in [7, 11) is 1.42. The maximum absolute atomic E-state index is 10.8. The second kappa shape index (κ2) is 4.94. The predicted octanol–water partition coefficient (Wildman–Crippen LogP) is -0.0136. The number of H-pyrrole nitrogens is 1. The van der Waals surface area contributed by atoms with Crippen LogP contribution >= 0.6 is 0 Å². The van der Waals surface area contributed by atoms with Gasteiger partial charge in [-0.05, 0) is 0 Å². The van der Waals surface area contributed by atoms with Crippen LogP contribution in [0.5, 0.6) is 23.1 Å². The van der Waals surface area contributed by atoms with Crippen LogP contribution in [-0.4, -0.2) is 49.6 Å². The topological polar surface area (TPSA) is 172 Å². The molecule has 21 heavy (non-hydrogen) atoms.